The summed E-state index contributed by atoms with van der Waals surface area (Å²) in [4.78, 5) is 0. The minimum atomic E-state index is -0.151. The normalized spacial score (nSPS) is 12.0. The Kier molecular flexibility index (Phi) is 7.35. The first-order valence-corrected chi connectivity index (χ1v) is 11.5. The third-order valence-corrected chi connectivity index (χ3v) is 6.67. The molecule has 0 bridgehead atoms. The molecule has 0 saturated heterocycles. The van der Waals surface area contributed by atoms with Gasteiger partial charge in [0.15, 0.2) is 0 Å². The smallest absolute Gasteiger partial charge is 0.0462 e. The second-order valence-corrected chi connectivity index (χ2v) is 8.58. The Bertz CT molecular complexity index is 1070. The van der Waals surface area contributed by atoms with Crippen molar-refractivity contribution in [3.8, 4) is 0 Å². The summed E-state index contributed by atoms with van der Waals surface area (Å²) < 4.78 is 0. The van der Waals surface area contributed by atoms with Crippen LogP contribution in [0.4, 0.5) is 11.4 Å². The standard InChI is InChI=1S/C27H30Cl2N2/c1-5-16-12-20(13-17(6-2)26(16)30)24(25-22(28)10-9-11-23(25)29)21-14-18(7-3)27(31)19(8-4)15-21/h5,9-15,24H,1,6-8,30-31H2,2-4H3. The number of hydrogen-bond acceptors (Lipinski definition) is 2. The molecule has 2 nitrogen and oxygen atoms in total. The van der Waals surface area contributed by atoms with E-state index in [1.807, 2.05) is 18.2 Å². The molecule has 0 heterocycles. The maximum absolute atomic E-state index is 6.73. The van der Waals surface area contributed by atoms with Gasteiger partial charge >= 0.3 is 0 Å². The summed E-state index contributed by atoms with van der Waals surface area (Å²) in [6.45, 7) is 10.3. The van der Waals surface area contributed by atoms with Crippen molar-refractivity contribution in [3.63, 3.8) is 0 Å². The van der Waals surface area contributed by atoms with Crippen LogP contribution >= 0.6 is 23.2 Å². The highest BCUT2D eigenvalue weighted by molar-refractivity contribution is 6.36. The van der Waals surface area contributed by atoms with E-state index in [4.69, 9.17) is 34.7 Å². The van der Waals surface area contributed by atoms with Gasteiger partial charge in [0.25, 0.3) is 0 Å². The number of nitrogen functional groups attached to an aromatic ring is 2. The number of rotatable bonds is 7. The van der Waals surface area contributed by atoms with E-state index in [-0.39, 0.29) is 5.92 Å². The Morgan fingerprint density at radius 1 is 0.806 bits per heavy atom. The number of aryl methyl sites for hydroxylation is 3. The summed E-state index contributed by atoms with van der Waals surface area (Å²) in [6.07, 6.45) is 4.35. The average Bonchev–Trinajstić information content (AvgIpc) is 2.77. The molecule has 0 radical (unpaired) electrons. The van der Waals surface area contributed by atoms with Crippen molar-refractivity contribution >= 4 is 40.7 Å². The summed E-state index contributed by atoms with van der Waals surface area (Å²) in [5, 5.41) is 1.28. The highest BCUT2D eigenvalue weighted by Gasteiger charge is 2.25. The number of benzene rings is 3. The van der Waals surface area contributed by atoms with Crippen molar-refractivity contribution in [2.75, 3.05) is 11.5 Å². The molecule has 4 heteroatoms. The second-order valence-electron chi connectivity index (χ2n) is 7.77. The van der Waals surface area contributed by atoms with Gasteiger partial charge in [-0.2, -0.15) is 0 Å². The molecule has 0 fully saturated rings. The van der Waals surface area contributed by atoms with Crippen LogP contribution in [-0.4, -0.2) is 0 Å². The van der Waals surface area contributed by atoms with Crippen LogP contribution in [0.5, 0.6) is 0 Å². The molecule has 1 unspecified atom stereocenters. The summed E-state index contributed by atoms with van der Waals surface area (Å²) in [5.74, 6) is -0.151. The molecular formula is C27H30Cl2N2. The molecule has 0 saturated carbocycles. The molecule has 1 atom stereocenters. The van der Waals surface area contributed by atoms with Crippen molar-refractivity contribution in [3.05, 3.63) is 98.0 Å². The van der Waals surface area contributed by atoms with Crippen molar-refractivity contribution in [2.24, 2.45) is 0 Å². The van der Waals surface area contributed by atoms with Gasteiger partial charge in [0.2, 0.25) is 0 Å². The lowest BCUT2D eigenvalue weighted by molar-refractivity contribution is 0.951. The summed E-state index contributed by atoms with van der Waals surface area (Å²) in [6, 6.07) is 14.3. The monoisotopic (exact) mass is 452 g/mol. The van der Waals surface area contributed by atoms with Crippen molar-refractivity contribution in [2.45, 2.75) is 46.0 Å². The first-order chi connectivity index (χ1) is 14.9. The fourth-order valence-electron chi connectivity index (χ4n) is 4.26. The van der Waals surface area contributed by atoms with E-state index in [1.54, 1.807) is 6.08 Å². The average molecular weight is 453 g/mol. The van der Waals surface area contributed by atoms with Crippen LogP contribution in [0.3, 0.4) is 0 Å². The third kappa shape index (κ3) is 4.46. The third-order valence-electron chi connectivity index (χ3n) is 6.01. The molecule has 0 aromatic heterocycles. The van der Waals surface area contributed by atoms with Crippen LogP contribution in [0, 0.1) is 0 Å². The Balaban J connectivity index is 2.40. The zero-order chi connectivity index (χ0) is 22.7. The predicted octanol–water partition coefficient (Wildman–Crippen LogP) is 7.67. The van der Waals surface area contributed by atoms with Gasteiger partial charge in [0.1, 0.15) is 0 Å². The van der Waals surface area contributed by atoms with Crippen LogP contribution in [-0.2, 0) is 19.3 Å². The van der Waals surface area contributed by atoms with Crippen LogP contribution < -0.4 is 11.5 Å². The Hall–Kier alpha value is -2.42. The van der Waals surface area contributed by atoms with Gasteiger partial charge in [-0.3, -0.25) is 0 Å². The van der Waals surface area contributed by atoms with Gasteiger partial charge < -0.3 is 11.5 Å². The van der Waals surface area contributed by atoms with Gasteiger partial charge in [-0.1, -0.05) is 80.9 Å². The fraction of sp³-hybridized carbons (Fsp3) is 0.259. The van der Waals surface area contributed by atoms with E-state index >= 15 is 0 Å². The van der Waals surface area contributed by atoms with E-state index in [9.17, 15) is 0 Å². The van der Waals surface area contributed by atoms with E-state index in [0.29, 0.717) is 10.0 Å². The summed E-state index contributed by atoms with van der Waals surface area (Å²) >= 11 is 13.5. The molecule has 0 aliphatic rings. The summed E-state index contributed by atoms with van der Waals surface area (Å²) in [7, 11) is 0. The summed E-state index contributed by atoms with van der Waals surface area (Å²) in [5.41, 5.74) is 21.8. The molecule has 3 aromatic carbocycles. The first-order valence-electron chi connectivity index (χ1n) is 10.8. The molecule has 0 amide bonds. The molecule has 31 heavy (non-hydrogen) atoms. The van der Waals surface area contributed by atoms with E-state index in [1.165, 1.54) is 0 Å². The maximum atomic E-state index is 6.73. The molecule has 0 aliphatic carbocycles. The number of halogens is 2. The SMILES string of the molecule is C=Cc1cc(C(c2cc(CC)c(N)c(CC)c2)c2c(Cl)cccc2Cl)cc(CC)c1N. The van der Waals surface area contributed by atoms with Crippen molar-refractivity contribution in [1.82, 2.24) is 0 Å². The molecule has 3 rings (SSSR count). The van der Waals surface area contributed by atoms with Gasteiger partial charge in [0.05, 0.1) is 0 Å². The molecule has 4 N–H and O–H groups in total. The van der Waals surface area contributed by atoms with Gasteiger partial charge in [-0.15, -0.1) is 0 Å². The Morgan fingerprint density at radius 3 is 1.71 bits per heavy atom. The zero-order valence-electron chi connectivity index (χ0n) is 18.4. The van der Waals surface area contributed by atoms with E-state index < -0.39 is 0 Å². The van der Waals surface area contributed by atoms with Crippen LogP contribution in [0.15, 0.2) is 49.0 Å². The van der Waals surface area contributed by atoms with Gasteiger partial charge in [0, 0.05) is 32.9 Å². The predicted molar refractivity (Wildman–Crippen MR) is 137 cm³/mol. The number of nitrogens with two attached hydrogens (primary N) is 2. The van der Waals surface area contributed by atoms with Gasteiger partial charge in [-0.25, -0.2) is 0 Å². The molecule has 3 aromatic rings. The highest BCUT2D eigenvalue weighted by atomic mass is 35.5. The Labute approximate surface area is 195 Å². The lowest BCUT2D eigenvalue weighted by Crippen LogP contribution is -2.10. The fourth-order valence-corrected chi connectivity index (χ4v) is 4.88. The quantitative estimate of drug-likeness (QED) is 0.285. The van der Waals surface area contributed by atoms with E-state index in [2.05, 4.69) is 51.6 Å². The highest BCUT2D eigenvalue weighted by Crippen LogP contribution is 2.43. The molecule has 0 spiro atoms. The number of anilines is 2. The van der Waals surface area contributed by atoms with Crippen LogP contribution in [0.25, 0.3) is 6.08 Å². The lowest BCUT2D eigenvalue weighted by Gasteiger charge is -2.25. The van der Waals surface area contributed by atoms with Crippen molar-refractivity contribution in [1.29, 1.82) is 0 Å². The Morgan fingerprint density at radius 2 is 1.26 bits per heavy atom. The minimum absolute atomic E-state index is 0.151. The minimum Gasteiger partial charge on any atom is -0.398 e. The van der Waals surface area contributed by atoms with Gasteiger partial charge in [-0.05, 0) is 70.8 Å². The molecule has 162 valence electrons. The number of hydrogen-bond donors (Lipinski definition) is 2. The topological polar surface area (TPSA) is 52.0 Å². The molecular weight excluding hydrogens is 423 g/mol. The van der Waals surface area contributed by atoms with Crippen LogP contribution in [0.1, 0.15) is 65.6 Å². The first kappa shape index (κ1) is 23.2. The van der Waals surface area contributed by atoms with Crippen molar-refractivity contribution < 1.29 is 0 Å². The zero-order valence-corrected chi connectivity index (χ0v) is 19.9. The molecule has 0 aliphatic heterocycles. The second kappa shape index (κ2) is 9.80. The van der Waals surface area contributed by atoms with Crippen LogP contribution in [0.2, 0.25) is 10.0 Å². The van der Waals surface area contributed by atoms with E-state index in [0.717, 1.165) is 69.6 Å². The lowest BCUT2D eigenvalue weighted by atomic mass is 9.81. The largest absolute Gasteiger partial charge is 0.398 e. The maximum Gasteiger partial charge on any atom is 0.0462 e.